The van der Waals surface area contributed by atoms with E-state index < -0.39 is 0 Å². The highest BCUT2D eigenvalue weighted by molar-refractivity contribution is 5.64. The van der Waals surface area contributed by atoms with Crippen LogP contribution in [-0.4, -0.2) is 6.61 Å². The van der Waals surface area contributed by atoms with E-state index in [-0.39, 0.29) is 0 Å². The Labute approximate surface area is 210 Å². The molecule has 0 radical (unpaired) electrons. The molecule has 0 amide bonds. The molecule has 34 heavy (non-hydrogen) atoms. The van der Waals surface area contributed by atoms with Crippen LogP contribution in [0.4, 0.5) is 0 Å². The van der Waals surface area contributed by atoms with Gasteiger partial charge in [0, 0.05) is 0 Å². The van der Waals surface area contributed by atoms with E-state index in [0.717, 1.165) is 36.5 Å². The molecule has 1 atom stereocenters. The molecule has 1 saturated carbocycles. The first-order chi connectivity index (χ1) is 16.7. The predicted octanol–water partition coefficient (Wildman–Crippen LogP) is 10.6. The quantitative estimate of drug-likeness (QED) is 0.239. The number of hydrogen-bond donors (Lipinski definition) is 0. The molecule has 0 spiro atoms. The van der Waals surface area contributed by atoms with E-state index in [1.165, 1.54) is 100 Å². The van der Waals surface area contributed by atoms with Crippen molar-refractivity contribution in [2.24, 2.45) is 11.8 Å². The molecule has 1 nitrogen and oxygen atoms in total. The van der Waals surface area contributed by atoms with Gasteiger partial charge in [-0.25, -0.2) is 0 Å². The number of ether oxygens (including phenoxy) is 1. The lowest BCUT2D eigenvalue weighted by Gasteiger charge is -2.30. The van der Waals surface area contributed by atoms with E-state index in [9.17, 15) is 0 Å². The molecular formula is C33H50O. The molecule has 0 heterocycles. The van der Waals surface area contributed by atoms with Gasteiger partial charge in [-0.2, -0.15) is 0 Å². The fourth-order valence-electron chi connectivity index (χ4n) is 5.58. The van der Waals surface area contributed by atoms with Gasteiger partial charge >= 0.3 is 0 Å². The van der Waals surface area contributed by atoms with Crippen molar-refractivity contribution in [2.45, 2.75) is 117 Å². The van der Waals surface area contributed by atoms with Gasteiger partial charge in [0.05, 0.1) is 6.61 Å². The van der Waals surface area contributed by atoms with Crippen molar-refractivity contribution in [1.82, 2.24) is 0 Å². The van der Waals surface area contributed by atoms with Crippen molar-refractivity contribution < 1.29 is 4.74 Å². The third-order valence-corrected chi connectivity index (χ3v) is 8.12. The van der Waals surface area contributed by atoms with E-state index in [2.05, 4.69) is 69.3 Å². The zero-order valence-corrected chi connectivity index (χ0v) is 22.4. The minimum absolute atomic E-state index is 0.759. The second-order valence-corrected chi connectivity index (χ2v) is 10.9. The zero-order valence-electron chi connectivity index (χ0n) is 22.4. The van der Waals surface area contributed by atoms with Crippen LogP contribution in [0.1, 0.15) is 122 Å². The van der Waals surface area contributed by atoms with Crippen LogP contribution in [0.25, 0.3) is 11.1 Å². The maximum atomic E-state index is 5.98. The Hall–Kier alpha value is -1.76. The fourth-order valence-corrected chi connectivity index (χ4v) is 5.58. The third-order valence-electron chi connectivity index (χ3n) is 8.12. The maximum Gasteiger partial charge on any atom is 0.119 e. The highest BCUT2D eigenvalue weighted by Gasteiger charge is 2.23. The minimum Gasteiger partial charge on any atom is -0.494 e. The summed E-state index contributed by atoms with van der Waals surface area (Å²) in [6, 6.07) is 18.1. The Morgan fingerprint density at radius 1 is 0.706 bits per heavy atom. The highest BCUT2D eigenvalue weighted by atomic mass is 16.5. The van der Waals surface area contributed by atoms with Gasteiger partial charge in [-0.3, -0.25) is 0 Å². The molecule has 188 valence electrons. The molecule has 3 rings (SSSR count). The van der Waals surface area contributed by atoms with Gasteiger partial charge in [0.25, 0.3) is 0 Å². The maximum absolute atomic E-state index is 5.98. The van der Waals surface area contributed by atoms with Crippen LogP contribution in [0, 0.1) is 11.8 Å². The SMILES string of the molecule is CCCCCCCCCCOc1ccc(-c2ccc(C3CCC(CC(C)CC)CC3)cc2)cc1. The summed E-state index contributed by atoms with van der Waals surface area (Å²) in [7, 11) is 0. The lowest BCUT2D eigenvalue weighted by Crippen LogP contribution is -2.15. The summed E-state index contributed by atoms with van der Waals surface area (Å²) in [5.41, 5.74) is 4.13. The van der Waals surface area contributed by atoms with Gasteiger partial charge in [-0.05, 0) is 85.1 Å². The average Bonchev–Trinajstić information content (AvgIpc) is 2.88. The number of hydrogen-bond acceptors (Lipinski definition) is 1. The lowest BCUT2D eigenvalue weighted by molar-refractivity contribution is 0.273. The standard InChI is InChI=1S/C33H50O/c1-4-6-7-8-9-10-11-12-25-34-33-23-21-32(22-24-33)31-19-17-30(18-20-31)29-15-13-28(14-16-29)26-27(3)5-2/h17-24,27-29H,4-16,25-26H2,1-3H3. The van der Waals surface area contributed by atoms with Crippen LogP contribution in [0.15, 0.2) is 48.5 Å². The molecule has 1 aliphatic rings. The molecule has 0 saturated heterocycles. The Morgan fingerprint density at radius 2 is 1.26 bits per heavy atom. The average molecular weight is 463 g/mol. The number of rotatable bonds is 15. The van der Waals surface area contributed by atoms with E-state index in [1.807, 2.05) is 0 Å². The van der Waals surface area contributed by atoms with Gasteiger partial charge in [0.15, 0.2) is 0 Å². The van der Waals surface area contributed by atoms with Crippen LogP contribution in [0.5, 0.6) is 5.75 Å². The molecule has 0 N–H and O–H groups in total. The monoisotopic (exact) mass is 462 g/mol. The zero-order chi connectivity index (χ0) is 24.0. The molecule has 0 aromatic heterocycles. The van der Waals surface area contributed by atoms with Crippen LogP contribution in [0.3, 0.4) is 0 Å². The summed E-state index contributed by atoms with van der Waals surface area (Å²) < 4.78 is 5.98. The minimum atomic E-state index is 0.759. The normalized spacial score (nSPS) is 19.1. The Kier molecular flexibility index (Phi) is 12.1. The Bertz CT molecular complexity index is 767. The molecule has 1 heteroatoms. The van der Waals surface area contributed by atoms with Crippen LogP contribution < -0.4 is 4.74 Å². The topological polar surface area (TPSA) is 9.23 Å². The molecule has 1 fully saturated rings. The predicted molar refractivity (Wildman–Crippen MR) is 149 cm³/mol. The van der Waals surface area contributed by atoms with Crippen molar-refractivity contribution in [2.75, 3.05) is 6.61 Å². The third kappa shape index (κ3) is 9.12. The van der Waals surface area contributed by atoms with Crippen LogP contribution >= 0.6 is 0 Å². The summed E-state index contributed by atoms with van der Waals surface area (Å²) in [6.45, 7) is 7.86. The first-order valence-electron chi connectivity index (χ1n) is 14.5. The van der Waals surface area contributed by atoms with Crippen molar-refractivity contribution >= 4 is 0 Å². The van der Waals surface area contributed by atoms with Crippen molar-refractivity contribution in [1.29, 1.82) is 0 Å². The molecule has 0 aliphatic heterocycles. The van der Waals surface area contributed by atoms with Gasteiger partial charge in [0.2, 0.25) is 0 Å². The number of benzene rings is 2. The van der Waals surface area contributed by atoms with Gasteiger partial charge in [-0.1, -0.05) is 109 Å². The summed E-state index contributed by atoms with van der Waals surface area (Å²) in [5.74, 6) is 3.61. The highest BCUT2D eigenvalue weighted by Crippen LogP contribution is 2.39. The van der Waals surface area contributed by atoms with Gasteiger partial charge in [0.1, 0.15) is 5.75 Å². The molecule has 1 unspecified atom stereocenters. The van der Waals surface area contributed by atoms with Crippen molar-refractivity contribution in [3.05, 3.63) is 54.1 Å². The van der Waals surface area contributed by atoms with Crippen LogP contribution in [-0.2, 0) is 0 Å². The smallest absolute Gasteiger partial charge is 0.119 e. The van der Waals surface area contributed by atoms with E-state index in [1.54, 1.807) is 0 Å². The largest absolute Gasteiger partial charge is 0.494 e. The molecular weight excluding hydrogens is 412 g/mol. The summed E-state index contributed by atoms with van der Waals surface area (Å²) >= 11 is 0. The van der Waals surface area contributed by atoms with Crippen molar-refractivity contribution in [3.63, 3.8) is 0 Å². The van der Waals surface area contributed by atoms with E-state index in [4.69, 9.17) is 4.74 Å². The summed E-state index contributed by atoms with van der Waals surface area (Å²) in [5, 5.41) is 0. The van der Waals surface area contributed by atoms with Gasteiger partial charge < -0.3 is 4.74 Å². The van der Waals surface area contributed by atoms with E-state index >= 15 is 0 Å². The Balaban J connectivity index is 1.37. The first kappa shape index (κ1) is 26.8. The second-order valence-electron chi connectivity index (χ2n) is 10.9. The lowest BCUT2D eigenvalue weighted by atomic mass is 9.75. The molecule has 2 aromatic carbocycles. The van der Waals surface area contributed by atoms with E-state index in [0.29, 0.717) is 0 Å². The van der Waals surface area contributed by atoms with Crippen LogP contribution in [0.2, 0.25) is 0 Å². The van der Waals surface area contributed by atoms with Gasteiger partial charge in [-0.15, -0.1) is 0 Å². The second kappa shape index (κ2) is 15.3. The van der Waals surface area contributed by atoms with Crippen molar-refractivity contribution in [3.8, 4) is 16.9 Å². The molecule has 1 aliphatic carbocycles. The summed E-state index contributed by atoms with van der Waals surface area (Å²) in [6.07, 6.45) is 19.0. The Morgan fingerprint density at radius 3 is 1.85 bits per heavy atom. The first-order valence-corrected chi connectivity index (χ1v) is 14.5. The molecule has 2 aromatic rings. The summed E-state index contributed by atoms with van der Waals surface area (Å²) in [4.78, 5) is 0. The number of unbranched alkanes of at least 4 members (excludes halogenated alkanes) is 7. The molecule has 0 bridgehead atoms. The fraction of sp³-hybridized carbons (Fsp3) is 0.636.